The van der Waals surface area contributed by atoms with Gasteiger partial charge in [-0.05, 0) is 30.0 Å². The van der Waals surface area contributed by atoms with E-state index in [1.165, 1.54) is 21.3 Å². The number of methoxy groups -OCH3 is 3. The Morgan fingerprint density at radius 2 is 1.91 bits per heavy atom. The van der Waals surface area contributed by atoms with Gasteiger partial charge in [0.05, 0.1) is 27.2 Å². The van der Waals surface area contributed by atoms with Crippen molar-refractivity contribution in [2.24, 2.45) is 5.92 Å². The van der Waals surface area contributed by atoms with Gasteiger partial charge in [-0.2, -0.15) is 0 Å². The van der Waals surface area contributed by atoms with Crippen LogP contribution in [0.3, 0.4) is 0 Å². The van der Waals surface area contributed by atoms with Gasteiger partial charge in [-0.1, -0.05) is 15.9 Å². The lowest BCUT2D eigenvalue weighted by Crippen LogP contribution is -2.13. The molecule has 22 heavy (non-hydrogen) atoms. The van der Waals surface area contributed by atoms with Gasteiger partial charge in [-0.25, -0.2) is 4.79 Å². The normalized spacial score (nSPS) is 19.3. The van der Waals surface area contributed by atoms with Crippen molar-refractivity contribution in [1.82, 2.24) is 0 Å². The molecule has 1 aliphatic rings. The van der Waals surface area contributed by atoms with Crippen molar-refractivity contribution < 1.29 is 28.5 Å². The molecule has 0 spiro atoms. The first-order chi connectivity index (χ1) is 10.5. The molecule has 1 aliphatic carbocycles. The second-order valence-electron chi connectivity index (χ2n) is 4.86. The fourth-order valence-electron chi connectivity index (χ4n) is 2.25. The van der Waals surface area contributed by atoms with Gasteiger partial charge in [-0.15, -0.1) is 0 Å². The number of carbonyl (C=O) groups excluding carboxylic acids is 2. The van der Waals surface area contributed by atoms with Gasteiger partial charge in [0.2, 0.25) is 0 Å². The maximum atomic E-state index is 11.6. The van der Waals surface area contributed by atoms with Gasteiger partial charge < -0.3 is 18.9 Å². The van der Waals surface area contributed by atoms with E-state index >= 15 is 0 Å². The minimum Gasteiger partial charge on any atom is -0.493 e. The molecule has 1 saturated carbocycles. The van der Waals surface area contributed by atoms with E-state index < -0.39 is 5.97 Å². The van der Waals surface area contributed by atoms with Crippen LogP contribution in [0.1, 0.15) is 17.9 Å². The Morgan fingerprint density at radius 1 is 1.18 bits per heavy atom. The van der Waals surface area contributed by atoms with Gasteiger partial charge in [0.1, 0.15) is 0 Å². The van der Waals surface area contributed by atoms with Gasteiger partial charge in [0.15, 0.2) is 18.1 Å². The minimum absolute atomic E-state index is 0.102. The molecule has 1 fully saturated rings. The largest absolute Gasteiger partial charge is 0.493 e. The van der Waals surface area contributed by atoms with Crippen LogP contribution in [0.25, 0.3) is 0 Å². The monoisotopic (exact) mass is 372 g/mol. The number of hydrogen-bond acceptors (Lipinski definition) is 6. The summed E-state index contributed by atoms with van der Waals surface area (Å²) in [5.74, 6) is 0.228. The Morgan fingerprint density at radius 3 is 2.50 bits per heavy atom. The van der Waals surface area contributed by atoms with E-state index in [2.05, 4.69) is 20.7 Å². The van der Waals surface area contributed by atoms with Crippen LogP contribution in [-0.2, 0) is 19.1 Å². The molecule has 0 saturated heterocycles. The van der Waals surface area contributed by atoms with Crippen LogP contribution in [0.15, 0.2) is 16.6 Å². The van der Waals surface area contributed by atoms with Gasteiger partial charge in [0.25, 0.3) is 0 Å². The molecule has 0 radical (unpaired) electrons. The second-order valence-corrected chi connectivity index (χ2v) is 5.72. The summed E-state index contributed by atoms with van der Waals surface area (Å²) in [7, 11) is 4.20. The van der Waals surface area contributed by atoms with Crippen molar-refractivity contribution in [3.05, 3.63) is 22.2 Å². The van der Waals surface area contributed by atoms with E-state index in [0.717, 1.165) is 16.5 Å². The average molecular weight is 373 g/mol. The zero-order valence-electron chi connectivity index (χ0n) is 12.6. The summed E-state index contributed by atoms with van der Waals surface area (Å²) in [6.45, 7) is -0.202. The van der Waals surface area contributed by atoms with E-state index in [9.17, 15) is 9.59 Å². The third kappa shape index (κ3) is 3.52. The molecule has 0 N–H and O–H groups in total. The number of hydrogen-bond donors (Lipinski definition) is 0. The summed E-state index contributed by atoms with van der Waals surface area (Å²) >= 11 is 3.47. The summed E-state index contributed by atoms with van der Waals surface area (Å²) in [6.07, 6.45) is 0.747. The van der Waals surface area contributed by atoms with Gasteiger partial charge in [-0.3, -0.25) is 4.79 Å². The molecule has 1 aromatic rings. The molecule has 0 aliphatic heterocycles. The van der Waals surface area contributed by atoms with Crippen LogP contribution in [0.5, 0.6) is 11.5 Å². The SMILES string of the molecule is COC(=O)COc1cc(Br)c([C@H]2C[C@@H]2C(=O)OC)cc1OC. The van der Waals surface area contributed by atoms with Crippen LogP contribution in [-0.4, -0.2) is 39.9 Å². The van der Waals surface area contributed by atoms with Crippen molar-refractivity contribution >= 4 is 27.9 Å². The van der Waals surface area contributed by atoms with Crippen molar-refractivity contribution in [2.75, 3.05) is 27.9 Å². The molecule has 1 aromatic carbocycles. The van der Waals surface area contributed by atoms with Gasteiger partial charge >= 0.3 is 11.9 Å². The Bertz CT molecular complexity index is 586. The highest BCUT2D eigenvalue weighted by atomic mass is 79.9. The number of halogens is 1. The number of ether oxygens (including phenoxy) is 4. The molecule has 7 heteroatoms. The standard InChI is InChI=1S/C15H17BrO6/c1-19-12-5-9(8-4-10(8)15(18)21-3)11(16)6-13(12)22-7-14(17)20-2/h5-6,8,10H,4,7H2,1-3H3/t8-,10+/m1/s1. The highest BCUT2D eigenvalue weighted by Crippen LogP contribution is 2.52. The molecule has 0 aromatic heterocycles. The first-order valence-corrected chi connectivity index (χ1v) is 7.46. The lowest BCUT2D eigenvalue weighted by atomic mass is 10.1. The Kier molecular flexibility index (Phi) is 5.28. The molecule has 2 atom stereocenters. The third-order valence-electron chi connectivity index (χ3n) is 3.55. The average Bonchev–Trinajstić information content (AvgIpc) is 3.32. The maximum Gasteiger partial charge on any atom is 0.343 e. The highest BCUT2D eigenvalue weighted by Gasteiger charge is 2.46. The first-order valence-electron chi connectivity index (χ1n) is 6.66. The molecule has 2 rings (SSSR count). The fourth-order valence-corrected chi connectivity index (χ4v) is 2.87. The summed E-state index contributed by atoms with van der Waals surface area (Å²) in [6, 6.07) is 3.54. The van der Waals surface area contributed by atoms with Crippen molar-refractivity contribution in [1.29, 1.82) is 0 Å². The quantitative estimate of drug-likeness (QED) is 0.713. The lowest BCUT2D eigenvalue weighted by molar-refractivity contribution is -0.143. The van der Waals surface area contributed by atoms with Crippen molar-refractivity contribution in [3.63, 3.8) is 0 Å². The molecule has 0 unspecified atom stereocenters. The molecule has 6 nitrogen and oxygen atoms in total. The first kappa shape index (κ1) is 16.6. The summed E-state index contributed by atoms with van der Waals surface area (Å²) in [5.41, 5.74) is 0.956. The van der Waals surface area contributed by atoms with E-state index in [-0.39, 0.29) is 24.4 Å². The summed E-state index contributed by atoms with van der Waals surface area (Å²) in [4.78, 5) is 22.7. The summed E-state index contributed by atoms with van der Waals surface area (Å²) < 4.78 is 20.8. The molecule has 0 heterocycles. The zero-order chi connectivity index (χ0) is 16.3. The molecule has 0 amide bonds. The smallest absolute Gasteiger partial charge is 0.343 e. The van der Waals surface area contributed by atoms with Crippen molar-refractivity contribution in [3.8, 4) is 11.5 Å². The van der Waals surface area contributed by atoms with E-state index in [1.54, 1.807) is 6.07 Å². The van der Waals surface area contributed by atoms with Crippen LogP contribution in [0.2, 0.25) is 0 Å². The van der Waals surface area contributed by atoms with Crippen LogP contribution >= 0.6 is 15.9 Å². The van der Waals surface area contributed by atoms with Crippen LogP contribution in [0.4, 0.5) is 0 Å². The topological polar surface area (TPSA) is 71.1 Å². The summed E-state index contributed by atoms with van der Waals surface area (Å²) in [5, 5.41) is 0. The van der Waals surface area contributed by atoms with E-state index in [1.807, 2.05) is 6.07 Å². The fraction of sp³-hybridized carbons (Fsp3) is 0.467. The third-order valence-corrected chi connectivity index (χ3v) is 4.24. The Labute approximate surface area is 136 Å². The zero-order valence-corrected chi connectivity index (χ0v) is 14.1. The minimum atomic E-state index is -0.477. The number of benzene rings is 1. The van der Waals surface area contributed by atoms with Crippen molar-refractivity contribution in [2.45, 2.75) is 12.3 Å². The predicted octanol–water partition coefficient (Wildman–Crippen LogP) is 2.29. The van der Waals surface area contributed by atoms with Crippen LogP contribution in [0, 0.1) is 5.92 Å². The van der Waals surface area contributed by atoms with Gasteiger partial charge in [0, 0.05) is 4.47 Å². The molecular weight excluding hydrogens is 356 g/mol. The van der Waals surface area contributed by atoms with E-state index in [0.29, 0.717) is 11.5 Å². The number of carbonyl (C=O) groups is 2. The molecule has 0 bridgehead atoms. The number of rotatable bonds is 6. The van der Waals surface area contributed by atoms with E-state index in [4.69, 9.17) is 14.2 Å². The highest BCUT2D eigenvalue weighted by molar-refractivity contribution is 9.10. The Balaban J connectivity index is 2.18. The predicted molar refractivity (Wildman–Crippen MR) is 81.1 cm³/mol. The molecule has 120 valence electrons. The number of esters is 2. The van der Waals surface area contributed by atoms with Crippen LogP contribution < -0.4 is 9.47 Å². The molecular formula is C15H17BrO6. The lowest BCUT2D eigenvalue weighted by Gasteiger charge is -2.13. The Hall–Kier alpha value is -1.76. The second kappa shape index (κ2) is 7.00. The maximum absolute atomic E-state index is 11.6.